The maximum atomic E-state index is 12.5. The summed E-state index contributed by atoms with van der Waals surface area (Å²) in [6, 6.07) is 13.9. The van der Waals surface area contributed by atoms with Crippen LogP contribution < -0.4 is 10.0 Å². The van der Waals surface area contributed by atoms with Gasteiger partial charge in [0.25, 0.3) is 15.9 Å². The Balaban J connectivity index is 1.76. The van der Waals surface area contributed by atoms with Crippen molar-refractivity contribution in [2.24, 2.45) is 0 Å². The van der Waals surface area contributed by atoms with Crippen molar-refractivity contribution in [3.05, 3.63) is 77.2 Å². The minimum absolute atomic E-state index is 0.0628. The molecular formula is C18H15ClN2O4S. The Morgan fingerprint density at radius 2 is 1.81 bits per heavy atom. The van der Waals surface area contributed by atoms with E-state index in [1.54, 1.807) is 31.2 Å². The molecule has 26 heavy (non-hydrogen) atoms. The van der Waals surface area contributed by atoms with E-state index in [1.165, 1.54) is 36.6 Å². The van der Waals surface area contributed by atoms with Gasteiger partial charge in [-0.05, 0) is 61.0 Å². The van der Waals surface area contributed by atoms with Crippen LogP contribution in [0.4, 0.5) is 11.4 Å². The lowest BCUT2D eigenvalue weighted by atomic mass is 10.2. The van der Waals surface area contributed by atoms with Crippen LogP contribution in [0.1, 0.15) is 16.1 Å². The summed E-state index contributed by atoms with van der Waals surface area (Å²) in [6.45, 7) is 1.78. The molecule has 3 rings (SSSR count). The zero-order valence-electron chi connectivity index (χ0n) is 13.7. The van der Waals surface area contributed by atoms with Crippen molar-refractivity contribution < 1.29 is 17.6 Å². The molecule has 0 aliphatic rings. The van der Waals surface area contributed by atoms with Crippen LogP contribution in [-0.2, 0) is 10.0 Å². The summed E-state index contributed by atoms with van der Waals surface area (Å²) >= 11 is 5.92. The van der Waals surface area contributed by atoms with Crippen LogP contribution in [0.25, 0.3) is 0 Å². The highest BCUT2D eigenvalue weighted by atomic mass is 35.5. The highest BCUT2D eigenvalue weighted by Crippen LogP contribution is 2.24. The Morgan fingerprint density at radius 3 is 2.46 bits per heavy atom. The quantitative estimate of drug-likeness (QED) is 0.680. The van der Waals surface area contributed by atoms with Crippen LogP contribution in [-0.4, -0.2) is 14.3 Å². The van der Waals surface area contributed by atoms with E-state index >= 15 is 0 Å². The number of furan rings is 1. The lowest BCUT2D eigenvalue weighted by molar-refractivity contribution is 0.0996. The van der Waals surface area contributed by atoms with E-state index < -0.39 is 15.9 Å². The van der Waals surface area contributed by atoms with Gasteiger partial charge in [0.15, 0.2) is 5.76 Å². The number of aryl methyl sites for hydroxylation is 1. The lowest BCUT2D eigenvalue weighted by Crippen LogP contribution is -2.14. The van der Waals surface area contributed by atoms with Gasteiger partial charge in [-0.2, -0.15) is 0 Å². The largest absolute Gasteiger partial charge is 0.459 e. The Morgan fingerprint density at radius 1 is 1.08 bits per heavy atom. The van der Waals surface area contributed by atoms with Crippen LogP contribution in [0.2, 0.25) is 5.02 Å². The van der Waals surface area contributed by atoms with Gasteiger partial charge in [0.2, 0.25) is 0 Å². The summed E-state index contributed by atoms with van der Waals surface area (Å²) in [6.07, 6.45) is 1.40. The number of amides is 1. The van der Waals surface area contributed by atoms with Gasteiger partial charge in [0.1, 0.15) is 0 Å². The number of anilines is 2. The second-order valence-electron chi connectivity index (χ2n) is 5.52. The van der Waals surface area contributed by atoms with E-state index in [1.807, 2.05) is 0 Å². The highest BCUT2D eigenvalue weighted by Gasteiger charge is 2.16. The Hall–Kier alpha value is -2.77. The molecule has 0 fully saturated rings. The number of hydrogen-bond donors (Lipinski definition) is 2. The van der Waals surface area contributed by atoms with Crippen molar-refractivity contribution in [3.63, 3.8) is 0 Å². The molecule has 0 bridgehead atoms. The van der Waals surface area contributed by atoms with E-state index in [2.05, 4.69) is 10.0 Å². The molecule has 0 atom stereocenters. The first-order valence-corrected chi connectivity index (χ1v) is 9.45. The van der Waals surface area contributed by atoms with Crippen LogP contribution in [0.3, 0.4) is 0 Å². The molecule has 2 aromatic carbocycles. The molecule has 0 radical (unpaired) electrons. The number of hydrogen-bond acceptors (Lipinski definition) is 4. The van der Waals surface area contributed by atoms with Gasteiger partial charge in [0.05, 0.1) is 16.8 Å². The predicted octanol–water partition coefficient (Wildman–Crippen LogP) is 4.29. The Bertz CT molecular complexity index is 1030. The topological polar surface area (TPSA) is 88.4 Å². The minimum Gasteiger partial charge on any atom is -0.459 e. The van der Waals surface area contributed by atoms with Gasteiger partial charge in [0, 0.05) is 10.7 Å². The molecule has 0 unspecified atom stereocenters. The van der Waals surface area contributed by atoms with Crippen molar-refractivity contribution in [1.29, 1.82) is 0 Å². The zero-order valence-corrected chi connectivity index (χ0v) is 15.3. The number of carbonyl (C=O) groups is 1. The monoisotopic (exact) mass is 390 g/mol. The van der Waals surface area contributed by atoms with Gasteiger partial charge < -0.3 is 9.73 Å². The molecule has 1 aromatic heterocycles. The standard InChI is InChI=1S/C18H15ClN2O4S/c1-12-4-5-13(19)11-16(12)21-26(23,24)15-8-6-14(7-9-15)20-18(22)17-3-2-10-25-17/h2-11,21H,1H3,(H,20,22). The Labute approximate surface area is 155 Å². The fourth-order valence-electron chi connectivity index (χ4n) is 2.23. The molecule has 8 heteroatoms. The number of nitrogens with one attached hydrogen (secondary N) is 2. The fraction of sp³-hybridized carbons (Fsp3) is 0.0556. The van der Waals surface area contributed by atoms with E-state index in [-0.39, 0.29) is 10.7 Å². The molecule has 3 aromatic rings. The van der Waals surface area contributed by atoms with E-state index in [9.17, 15) is 13.2 Å². The molecule has 134 valence electrons. The van der Waals surface area contributed by atoms with E-state index in [0.29, 0.717) is 16.4 Å². The van der Waals surface area contributed by atoms with Crippen molar-refractivity contribution in [3.8, 4) is 0 Å². The maximum Gasteiger partial charge on any atom is 0.291 e. The summed E-state index contributed by atoms with van der Waals surface area (Å²) in [5.41, 5.74) is 1.61. The molecule has 0 saturated carbocycles. The lowest BCUT2D eigenvalue weighted by Gasteiger charge is -2.11. The second kappa shape index (κ2) is 7.23. The molecule has 0 aliphatic carbocycles. The second-order valence-corrected chi connectivity index (χ2v) is 7.64. The van der Waals surface area contributed by atoms with Crippen LogP contribution in [0.5, 0.6) is 0 Å². The molecular weight excluding hydrogens is 376 g/mol. The van der Waals surface area contributed by atoms with Crippen LogP contribution in [0.15, 0.2) is 70.2 Å². The average Bonchev–Trinajstić information content (AvgIpc) is 3.13. The third kappa shape index (κ3) is 4.07. The molecule has 2 N–H and O–H groups in total. The third-order valence-electron chi connectivity index (χ3n) is 3.61. The smallest absolute Gasteiger partial charge is 0.291 e. The summed E-state index contributed by atoms with van der Waals surface area (Å²) in [5, 5.41) is 3.06. The van der Waals surface area contributed by atoms with Crippen molar-refractivity contribution in [2.45, 2.75) is 11.8 Å². The van der Waals surface area contributed by atoms with Gasteiger partial charge in [-0.15, -0.1) is 0 Å². The molecule has 0 spiro atoms. The van der Waals surface area contributed by atoms with E-state index in [0.717, 1.165) is 5.56 Å². The SMILES string of the molecule is Cc1ccc(Cl)cc1NS(=O)(=O)c1ccc(NC(=O)c2ccco2)cc1. The highest BCUT2D eigenvalue weighted by molar-refractivity contribution is 7.92. The summed E-state index contributed by atoms with van der Waals surface area (Å²) in [5.74, 6) is -0.252. The third-order valence-corrected chi connectivity index (χ3v) is 5.23. The maximum absolute atomic E-state index is 12.5. The summed E-state index contributed by atoms with van der Waals surface area (Å²) in [4.78, 5) is 12.0. The van der Waals surface area contributed by atoms with Gasteiger partial charge in [-0.3, -0.25) is 9.52 Å². The minimum atomic E-state index is -3.78. The number of carbonyl (C=O) groups excluding carboxylic acids is 1. The Kier molecular flexibility index (Phi) is 5.01. The summed E-state index contributed by atoms with van der Waals surface area (Å²) < 4.78 is 32.6. The van der Waals surface area contributed by atoms with E-state index in [4.69, 9.17) is 16.0 Å². The first kappa shape index (κ1) is 18.0. The molecule has 0 saturated heterocycles. The number of halogens is 1. The fourth-order valence-corrected chi connectivity index (χ4v) is 3.52. The molecule has 1 amide bonds. The van der Waals surface area contributed by atoms with Crippen LogP contribution in [0, 0.1) is 6.92 Å². The number of benzene rings is 2. The van der Waals surface area contributed by atoms with Crippen LogP contribution >= 0.6 is 11.6 Å². The number of sulfonamides is 1. The first-order chi connectivity index (χ1) is 12.3. The number of rotatable bonds is 5. The average molecular weight is 391 g/mol. The zero-order chi connectivity index (χ0) is 18.7. The normalized spacial score (nSPS) is 11.2. The molecule has 1 heterocycles. The van der Waals surface area contributed by atoms with Crippen molar-refractivity contribution in [2.75, 3.05) is 10.0 Å². The van der Waals surface area contributed by atoms with Crippen molar-refractivity contribution >= 4 is 38.9 Å². The van der Waals surface area contributed by atoms with Gasteiger partial charge in [-0.25, -0.2) is 8.42 Å². The molecule has 0 aliphatic heterocycles. The predicted molar refractivity (Wildman–Crippen MR) is 100 cm³/mol. The van der Waals surface area contributed by atoms with Gasteiger partial charge >= 0.3 is 0 Å². The molecule has 6 nitrogen and oxygen atoms in total. The van der Waals surface area contributed by atoms with Gasteiger partial charge in [-0.1, -0.05) is 17.7 Å². The first-order valence-electron chi connectivity index (χ1n) is 7.59. The van der Waals surface area contributed by atoms with Crippen molar-refractivity contribution in [1.82, 2.24) is 0 Å². The summed E-state index contributed by atoms with van der Waals surface area (Å²) in [7, 11) is -3.78.